The minimum atomic E-state index is -0.536. The van der Waals surface area contributed by atoms with Crippen molar-refractivity contribution >= 4 is 34.6 Å². The summed E-state index contributed by atoms with van der Waals surface area (Å²) in [6.45, 7) is 7.75. The molecule has 2 aromatic heterocycles. The molecule has 3 heterocycles. The fraction of sp³-hybridized carbons (Fsp3) is 0.258. The maximum Gasteiger partial charge on any atom is 0.229 e. The number of aromatic nitrogens is 2. The van der Waals surface area contributed by atoms with E-state index in [1.165, 1.54) is 5.56 Å². The highest BCUT2D eigenvalue weighted by atomic mass is 32.1. The molecule has 1 fully saturated rings. The van der Waals surface area contributed by atoms with Gasteiger partial charge in [0.25, 0.3) is 0 Å². The van der Waals surface area contributed by atoms with Crippen molar-refractivity contribution in [2.75, 3.05) is 17.3 Å². The third-order valence-electron chi connectivity index (χ3n) is 6.95. The largest absolute Gasteiger partial charge is 0.494 e. The van der Waals surface area contributed by atoms with Gasteiger partial charge in [-0.15, -0.1) is 0 Å². The predicted octanol–water partition coefficient (Wildman–Crippen LogP) is 6.35. The van der Waals surface area contributed by atoms with Crippen LogP contribution in [0.1, 0.15) is 49.8 Å². The number of benzene rings is 2. The molecule has 7 nitrogen and oxygen atoms in total. The van der Waals surface area contributed by atoms with Gasteiger partial charge in [-0.1, -0.05) is 45.0 Å². The number of methoxy groups -OCH3 is 1. The summed E-state index contributed by atoms with van der Waals surface area (Å²) < 4.78 is 7.93. The monoisotopic (exact) mass is 539 g/mol. The number of anilines is 2. The molecule has 1 saturated heterocycles. The second-order valence-corrected chi connectivity index (χ2v) is 11.1. The second kappa shape index (κ2) is 10.5. The van der Waals surface area contributed by atoms with Crippen molar-refractivity contribution in [1.82, 2.24) is 14.9 Å². The average molecular weight is 540 g/mol. The highest BCUT2D eigenvalue weighted by molar-refractivity contribution is 7.80. The number of pyridine rings is 1. The number of hydrogen-bond donors (Lipinski definition) is 2. The third-order valence-corrected chi connectivity index (χ3v) is 7.26. The number of aryl methyl sites for hydroxylation is 1. The van der Waals surface area contributed by atoms with E-state index in [0.717, 1.165) is 22.8 Å². The van der Waals surface area contributed by atoms with Crippen LogP contribution in [0.4, 0.5) is 11.4 Å². The molecule has 2 N–H and O–H groups in total. The first-order valence-electron chi connectivity index (χ1n) is 12.9. The van der Waals surface area contributed by atoms with Gasteiger partial charge in [-0.3, -0.25) is 9.78 Å². The Kier molecular flexibility index (Phi) is 7.14. The number of hydrogen-bond acceptors (Lipinski definition) is 4. The van der Waals surface area contributed by atoms with E-state index in [1.807, 2.05) is 69.3 Å². The molecule has 39 heavy (non-hydrogen) atoms. The van der Waals surface area contributed by atoms with Gasteiger partial charge < -0.3 is 24.8 Å². The molecular weight excluding hydrogens is 506 g/mol. The quantitative estimate of drug-likeness (QED) is 0.278. The Hall–Kier alpha value is -4.17. The second-order valence-electron chi connectivity index (χ2n) is 10.7. The summed E-state index contributed by atoms with van der Waals surface area (Å²) in [5, 5.41) is 7.11. The molecule has 0 radical (unpaired) electrons. The molecule has 1 amide bonds. The molecule has 4 aromatic rings. The molecule has 5 rings (SSSR count). The number of amides is 1. The number of carbonyl (C=O) groups excluding carboxylic acids is 1. The Labute approximate surface area is 234 Å². The summed E-state index contributed by atoms with van der Waals surface area (Å²) in [6, 6.07) is 23.8. The van der Waals surface area contributed by atoms with Crippen LogP contribution < -0.4 is 20.3 Å². The zero-order chi connectivity index (χ0) is 27.7. The van der Waals surface area contributed by atoms with Crippen molar-refractivity contribution in [1.29, 1.82) is 0 Å². The van der Waals surface area contributed by atoms with Gasteiger partial charge in [0.1, 0.15) is 11.8 Å². The van der Waals surface area contributed by atoms with Crippen molar-refractivity contribution in [2.45, 2.75) is 39.8 Å². The fourth-order valence-electron chi connectivity index (χ4n) is 4.86. The van der Waals surface area contributed by atoms with E-state index in [4.69, 9.17) is 17.0 Å². The Morgan fingerprint density at radius 3 is 2.51 bits per heavy atom. The van der Waals surface area contributed by atoms with E-state index in [-0.39, 0.29) is 18.0 Å². The van der Waals surface area contributed by atoms with Gasteiger partial charge in [-0.25, -0.2) is 0 Å². The Morgan fingerprint density at radius 2 is 1.82 bits per heavy atom. The number of carbonyl (C=O) groups is 1. The molecular formula is C31H33N5O2S. The number of nitrogens with one attached hydrogen (secondary N) is 2. The third kappa shape index (κ3) is 5.12. The fourth-order valence-corrected chi connectivity index (χ4v) is 5.21. The van der Waals surface area contributed by atoms with Crippen LogP contribution in [0.5, 0.6) is 5.75 Å². The summed E-state index contributed by atoms with van der Waals surface area (Å²) in [5.41, 5.74) is 5.16. The lowest BCUT2D eigenvalue weighted by Crippen LogP contribution is -2.30. The van der Waals surface area contributed by atoms with Crippen molar-refractivity contribution in [3.63, 3.8) is 0 Å². The van der Waals surface area contributed by atoms with Crippen molar-refractivity contribution in [3.05, 3.63) is 102 Å². The van der Waals surface area contributed by atoms with Crippen LogP contribution in [0, 0.1) is 12.3 Å². The van der Waals surface area contributed by atoms with Gasteiger partial charge in [0.2, 0.25) is 5.91 Å². The van der Waals surface area contributed by atoms with Gasteiger partial charge in [0.05, 0.1) is 24.5 Å². The Balaban J connectivity index is 1.62. The molecule has 0 saturated carbocycles. The standard InChI is InChI=1S/C31H33N5O2S/c1-20-11-6-7-13-24(20)35-18-10-14-25(35)28-27(23-12-8-9-17-32-23)34-30(39)36(28)21-15-16-22(26(19-21)38-5)33-29(37)31(2,3)4/h6-19,27-28H,1-5H3,(H,33,37)(H,34,39)/t27-,28+/m1/s1. The van der Waals surface area contributed by atoms with Gasteiger partial charge in [-0.05, 0) is 67.2 Å². The lowest BCUT2D eigenvalue weighted by Gasteiger charge is -2.30. The van der Waals surface area contributed by atoms with E-state index in [0.29, 0.717) is 16.5 Å². The molecule has 2 atom stereocenters. The lowest BCUT2D eigenvalue weighted by molar-refractivity contribution is -0.123. The molecule has 1 aliphatic heterocycles. The summed E-state index contributed by atoms with van der Waals surface area (Å²) in [7, 11) is 1.60. The number of ether oxygens (including phenoxy) is 1. The minimum absolute atomic E-state index is 0.0870. The summed E-state index contributed by atoms with van der Waals surface area (Å²) in [5.74, 6) is 0.471. The zero-order valence-electron chi connectivity index (χ0n) is 22.8. The summed E-state index contributed by atoms with van der Waals surface area (Å²) >= 11 is 5.93. The van der Waals surface area contributed by atoms with Crippen LogP contribution in [-0.4, -0.2) is 27.7 Å². The van der Waals surface area contributed by atoms with E-state index in [1.54, 1.807) is 13.3 Å². The highest BCUT2D eigenvalue weighted by Crippen LogP contribution is 2.44. The van der Waals surface area contributed by atoms with E-state index < -0.39 is 5.41 Å². The minimum Gasteiger partial charge on any atom is -0.494 e. The molecule has 0 bridgehead atoms. The first-order chi connectivity index (χ1) is 18.7. The maximum atomic E-state index is 12.7. The summed E-state index contributed by atoms with van der Waals surface area (Å²) in [6.07, 6.45) is 3.88. The normalized spacial score (nSPS) is 17.2. The van der Waals surface area contributed by atoms with Crippen LogP contribution in [0.2, 0.25) is 0 Å². The topological polar surface area (TPSA) is 71.4 Å². The van der Waals surface area contributed by atoms with E-state index in [9.17, 15) is 4.79 Å². The van der Waals surface area contributed by atoms with E-state index >= 15 is 0 Å². The van der Waals surface area contributed by atoms with Crippen LogP contribution in [-0.2, 0) is 4.79 Å². The van der Waals surface area contributed by atoms with Gasteiger partial charge in [0, 0.05) is 40.9 Å². The predicted molar refractivity (Wildman–Crippen MR) is 160 cm³/mol. The highest BCUT2D eigenvalue weighted by Gasteiger charge is 2.42. The van der Waals surface area contributed by atoms with Gasteiger partial charge in [-0.2, -0.15) is 0 Å². The molecule has 2 aromatic carbocycles. The first-order valence-corrected chi connectivity index (χ1v) is 13.3. The smallest absolute Gasteiger partial charge is 0.229 e. The lowest BCUT2D eigenvalue weighted by atomic mass is 9.95. The van der Waals surface area contributed by atoms with Crippen LogP contribution >= 0.6 is 12.2 Å². The molecule has 200 valence electrons. The number of nitrogens with zero attached hydrogens (tertiary/aromatic N) is 3. The van der Waals surface area contributed by atoms with Crippen LogP contribution in [0.25, 0.3) is 5.69 Å². The molecule has 0 spiro atoms. The first kappa shape index (κ1) is 26.4. The van der Waals surface area contributed by atoms with Gasteiger partial charge in [0.15, 0.2) is 5.11 Å². The molecule has 8 heteroatoms. The van der Waals surface area contributed by atoms with Crippen LogP contribution in [0.3, 0.4) is 0 Å². The number of rotatable bonds is 6. The molecule has 1 aliphatic rings. The zero-order valence-corrected chi connectivity index (χ0v) is 23.6. The van der Waals surface area contributed by atoms with Crippen molar-refractivity contribution in [3.8, 4) is 11.4 Å². The average Bonchev–Trinajstić information content (AvgIpc) is 3.53. The van der Waals surface area contributed by atoms with Crippen LogP contribution in [0.15, 0.2) is 85.2 Å². The SMILES string of the molecule is COc1cc(N2C(=S)N[C@H](c3ccccn3)[C@@H]2c2cccn2-c2ccccc2C)ccc1NC(=O)C(C)(C)C. The summed E-state index contributed by atoms with van der Waals surface area (Å²) in [4.78, 5) is 19.5. The molecule has 0 aliphatic carbocycles. The van der Waals surface area contributed by atoms with Crippen molar-refractivity contribution < 1.29 is 9.53 Å². The molecule has 0 unspecified atom stereocenters. The number of para-hydroxylation sites is 1. The Morgan fingerprint density at radius 1 is 1.05 bits per heavy atom. The van der Waals surface area contributed by atoms with Crippen molar-refractivity contribution in [2.24, 2.45) is 5.41 Å². The Bertz CT molecular complexity index is 1510. The maximum absolute atomic E-state index is 12.7. The van der Waals surface area contributed by atoms with Gasteiger partial charge >= 0.3 is 0 Å². The number of thiocarbonyl (C=S) groups is 1. The van der Waals surface area contributed by atoms with E-state index in [2.05, 4.69) is 62.5 Å².